The molecule has 1 unspecified atom stereocenters. The van der Waals surface area contributed by atoms with Crippen LogP contribution in [0.4, 0.5) is 0 Å². The van der Waals surface area contributed by atoms with Gasteiger partial charge in [0.1, 0.15) is 0 Å². The molecule has 1 heterocycles. The first-order chi connectivity index (χ1) is 8.60. The molecule has 0 aromatic carbocycles. The maximum Gasteiger partial charge on any atom is 0.0884 e. The van der Waals surface area contributed by atoms with Crippen LogP contribution >= 0.6 is 0 Å². The van der Waals surface area contributed by atoms with Crippen molar-refractivity contribution < 1.29 is 15.3 Å². The van der Waals surface area contributed by atoms with E-state index in [2.05, 4.69) is 24.3 Å². The Morgan fingerprint density at radius 1 is 1.33 bits per heavy atom. The molecule has 0 saturated carbocycles. The van der Waals surface area contributed by atoms with Crippen molar-refractivity contribution in [1.82, 2.24) is 15.1 Å². The highest BCUT2D eigenvalue weighted by atomic mass is 16.3. The summed E-state index contributed by atoms with van der Waals surface area (Å²) in [6, 6.07) is 2.23. The van der Waals surface area contributed by atoms with E-state index in [0.717, 1.165) is 12.1 Å². The summed E-state index contributed by atoms with van der Waals surface area (Å²) in [5, 5.41) is 34.9. The van der Waals surface area contributed by atoms with E-state index >= 15 is 0 Å². The molecule has 1 rings (SSSR count). The molecule has 6 nitrogen and oxygen atoms in total. The van der Waals surface area contributed by atoms with Gasteiger partial charge in [-0.2, -0.15) is 5.10 Å². The molecule has 0 fully saturated rings. The lowest BCUT2D eigenvalue weighted by atomic mass is 10.0. The number of hydrogen-bond donors (Lipinski definition) is 4. The number of nitrogens with one attached hydrogen (secondary N) is 1. The van der Waals surface area contributed by atoms with Gasteiger partial charge in [-0.1, -0.05) is 6.92 Å². The second kappa shape index (κ2) is 6.84. The SMILES string of the molecule is CCC(C)n1ccc(CNC(CO)(CO)CO)n1. The second-order valence-electron chi connectivity index (χ2n) is 4.65. The van der Waals surface area contributed by atoms with Gasteiger partial charge in [0.05, 0.1) is 31.1 Å². The Morgan fingerprint density at radius 3 is 2.44 bits per heavy atom. The normalized spacial score (nSPS) is 13.8. The van der Waals surface area contributed by atoms with Gasteiger partial charge in [0.25, 0.3) is 0 Å². The molecule has 0 bridgehead atoms. The van der Waals surface area contributed by atoms with E-state index in [0.29, 0.717) is 12.6 Å². The van der Waals surface area contributed by atoms with Crippen molar-refractivity contribution in [3.05, 3.63) is 18.0 Å². The van der Waals surface area contributed by atoms with Crippen molar-refractivity contribution in [2.24, 2.45) is 0 Å². The molecule has 0 spiro atoms. The Morgan fingerprint density at radius 2 is 1.94 bits per heavy atom. The Labute approximate surface area is 107 Å². The van der Waals surface area contributed by atoms with E-state index in [-0.39, 0.29) is 19.8 Å². The average Bonchev–Trinajstić information content (AvgIpc) is 2.89. The number of aliphatic hydroxyl groups is 3. The molecule has 0 aliphatic heterocycles. The molecular weight excluding hydrogens is 234 g/mol. The first kappa shape index (κ1) is 15.1. The lowest BCUT2D eigenvalue weighted by Gasteiger charge is -2.28. The summed E-state index contributed by atoms with van der Waals surface area (Å²) in [6.07, 6.45) is 2.91. The van der Waals surface area contributed by atoms with Gasteiger partial charge in [0.15, 0.2) is 0 Å². The van der Waals surface area contributed by atoms with Crippen LogP contribution in [-0.4, -0.2) is 50.5 Å². The summed E-state index contributed by atoms with van der Waals surface area (Å²) in [5.74, 6) is 0. The molecule has 0 radical (unpaired) electrons. The maximum atomic E-state index is 9.18. The van der Waals surface area contributed by atoms with Gasteiger partial charge >= 0.3 is 0 Å². The zero-order chi connectivity index (χ0) is 13.6. The lowest BCUT2D eigenvalue weighted by molar-refractivity contribution is 0.0411. The molecule has 6 heteroatoms. The molecule has 1 aromatic heterocycles. The summed E-state index contributed by atoms with van der Waals surface area (Å²) < 4.78 is 1.88. The molecule has 104 valence electrons. The average molecular weight is 257 g/mol. The smallest absolute Gasteiger partial charge is 0.0884 e. The summed E-state index contributed by atoms with van der Waals surface area (Å²) >= 11 is 0. The van der Waals surface area contributed by atoms with Crippen molar-refractivity contribution in [2.75, 3.05) is 19.8 Å². The fourth-order valence-electron chi connectivity index (χ4n) is 1.50. The highest BCUT2D eigenvalue weighted by Crippen LogP contribution is 2.10. The molecule has 4 N–H and O–H groups in total. The minimum Gasteiger partial charge on any atom is -0.394 e. The summed E-state index contributed by atoms with van der Waals surface area (Å²) in [6.45, 7) is 3.59. The molecule has 0 aliphatic rings. The quantitative estimate of drug-likeness (QED) is 0.511. The third-order valence-electron chi connectivity index (χ3n) is 3.26. The fourth-order valence-corrected chi connectivity index (χ4v) is 1.50. The van der Waals surface area contributed by atoms with Gasteiger partial charge in [0.2, 0.25) is 0 Å². The largest absolute Gasteiger partial charge is 0.394 e. The minimum absolute atomic E-state index is 0.327. The Balaban J connectivity index is 2.60. The van der Waals surface area contributed by atoms with Crippen LogP contribution in [0.15, 0.2) is 12.3 Å². The Kier molecular flexibility index (Phi) is 5.74. The number of rotatable bonds is 8. The van der Waals surface area contributed by atoms with Crippen LogP contribution in [0.2, 0.25) is 0 Å². The maximum absolute atomic E-state index is 9.18. The number of hydrogen-bond acceptors (Lipinski definition) is 5. The van der Waals surface area contributed by atoms with Crippen LogP contribution in [0.1, 0.15) is 32.0 Å². The zero-order valence-corrected chi connectivity index (χ0v) is 11.0. The van der Waals surface area contributed by atoms with E-state index < -0.39 is 5.54 Å². The Bertz CT molecular complexity index is 342. The van der Waals surface area contributed by atoms with Crippen molar-refractivity contribution in [3.8, 4) is 0 Å². The molecule has 18 heavy (non-hydrogen) atoms. The molecule has 0 aliphatic carbocycles. The predicted octanol–water partition coefficient (Wildman–Crippen LogP) is -0.341. The molecule has 0 amide bonds. The third-order valence-corrected chi connectivity index (χ3v) is 3.26. The summed E-state index contributed by atoms with van der Waals surface area (Å²) in [7, 11) is 0. The molecule has 0 saturated heterocycles. The van der Waals surface area contributed by atoms with E-state index in [1.54, 1.807) is 0 Å². The van der Waals surface area contributed by atoms with Crippen LogP contribution in [0.25, 0.3) is 0 Å². The van der Waals surface area contributed by atoms with Crippen LogP contribution in [0, 0.1) is 0 Å². The lowest BCUT2D eigenvalue weighted by Crippen LogP contribution is -2.54. The van der Waals surface area contributed by atoms with Crippen molar-refractivity contribution >= 4 is 0 Å². The topological polar surface area (TPSA) is 90.5 Å². The molecule has 1 atom stereocenters. The van der Waals surface area contributed by atoms with Gasteiger partial charge in [-0.25, -0.2) is 0 Å². The molecular formula is C12H23N3O3. The first-order valence-electron chi connectivity index (χ1n) is 6.22. The van der Waals surface area contributed by atoms with Crippen molar-refractivity contribution in [3.63, 3.8) is 0 Å². The monoisotopic (exact) mass is 257 g/mol. The minimum atomic E-state index is -1.06. The highest BCUT2D eigenvalue weighted by molar-refractivity contribution is 5.01. The van der Waals surface area contributed by atoms with Gasteiger partial charge in [0, 0.05) is 18.8 Å². The van der Waals surface area contributed by atoms with Crippen molar-refractivity contribution in [2.45, 2.75) is 38.4 Å². The second-order valence-corrected chi connectivity index (χ2v) is 4.65. The van der Waals surface area contributed by atoms with E-state index in [4.69, 9.17) is 0 Å². The van der Waals surface area contributed by atoms with E-state index in [9.17, 15) is 15.3 Å². The van der Waals surface area contributed by atoms with Crippen LogP contribution in [0.5, 0.6) is 0 Å². The van der Waals surface area contributed by atoms with E-state index in [1.165, 1.54) is 0 Å². The van der Waals surface area contributed by atoms with Gasteiger partial charge < -0.3 is 15.3 Å². The predicted molar refractivity (Wildman–Crippen MR) is 68.1 cm³/mol. The first-order valence-corrected chi connectivity index (χ1v) is 6.22. The Hall–Kier alpha value is -0.950. The van der Waals surface area contributed by atoms with Crippen LogP contribution in [-0.2, 0) is 6.54 Å². The highest BCUT2D eigenvalue weighted by Gasteiger charge is 2.27. The number of nitrogens with zero attached hydrogens (tertiary/aromatic N) is 2. The van der Waals surface area contributed by atoms with Gasteiger partial charge in [-0.3, -0.25) is 10.00 Å². The van der Waals surface area contributed by atoms with Gasteiger partial charge in [-0.15, -0.1) is 0 Å². The van der Waals surface area contributed by atoms with E-state index in [1.807, 2.05) is 16.9 Å². The zero-order valence-electron chi connectivity index (χ0n) is 11.0. The van der Waals surface area contributed by atoms with Crippen LogP contribution in [0.3, 0.4) is 0 Å². The summed E-state index contributed by atoms with van der Waals surface area (Å²) in [5.41, 5.74) is -0.241. The van der Waals surface area contributed by atoms with Crippen molar-refractivity contribution in [1.29, 1.82) is 0 Å². The number of aromatic nitrogens is 2. The van der Waals surface area contributed by atoms with Crippen LogP contribution < -0.4 is 5.32 Å². The standard InChI is InChI=1S/C12H23N3O3/c1-3-10(2)15-5-4-11(14-15)6-13-12(7-16,8-17)9-18/h4-5,10,13,16-18H,3,6-9H2,1-2H3. The van der Waals surface area contributed by atoms with Gasteiger partial charge in [-0.05, 0) is 19.4 Å². The summed E-state index contributed by atoms with van der Waals surface area (Å²) in [4.78, 5) is 0. The molecule has 1 aromatic rings. The fraction of sp³-hybridized carbons (Fsp3) is 0.750. The number of aliphatic hydroxyl groups excluding tert-OH is 3. The third kappa shape index (κ3) is 3.52.